The van der Waals surface area contributed by atoms with Gasteiger partial charge in [0.2, 0.25) is 0 Å². The monoisotopic (exact) mass is 354 g/mol. The van der Waals surface area contributed by atoms with Crippen LogP contribution in [0.2, 0.25) is 15.1 Å². The van der Waals surface area contributed by atoms with Crippen LogP contribution in [0.15, 0.2) is 6.07 Å². The van der Waals surface area contributed by atoms with Crippen molar-refractivity contribution in [1.82, 2.24) is 0 Å². The Labute approximate surface area is 123 Å². The molecule has 0 saturated heterocycles. The van der Waals surface area contributed by atoms with Gasteiger partial charge in [-0.05, 0) is 30.0 Å². The predicted octanol–water partition coefficient (Wildman–Crippen LogP) is 4.88. The van der Waals surface area contributed by atoms with E-state index in [0.29, 0.717) is 6.61 Å². The highest BCUT2D eigenvalue weighted by Gasteiger charge is 2.21. The first-order chi connectivity index (χ1) is 7.76. The van der Waals surface area contributed by atoms with Gasteiger partial charge in [-0.25, -0.2) is 0 Å². The van der Waals surface area contributed by atoms with Gasteiger partial charge < -0.3 is 14.2 Å². The number of ether oxygens (including phenoxy) is 1. The zero-order valence-corrected chi connectivity index (χ0v) is 13.2. The molecule has 0 fully saturated rings. The number of halogens is 4. The normalized spacial score (nSPS) is 14.2. The van der Waals surface area contributed by atoms with Crippen LogP contribution in [-0.4, -0.2) is 11.5 Å². The number of hydrogen-bond donors (Lipinski definition) is 1. The van der Waals surface area contributed by atoms with Gasteiger partial charge in [0, 0.05) is 6.07 Å². The van der Waals surface area contributed by atoms with Crippen molar-refractivity contribution in [3.8, 4) is 11.5 Å². The molecule has 1 atom stereocenters. The average Bonchev–Trinajstić information content (AvgIpc) is 2.19. The molecule has 0 radical (unpaired) electrons. The number of rotatable bonds is 4. The van der Waals surface area contributed by atoms with E-state index in [0.717, 1.165) is 0 Å². The molecule has 0 saturated carbocycles. The minimum Gasteiger partial charge on any atom is -0.491 e. The molecule has 17 heavy (non-hydrogen) atoms. The molecule has 1 N–H and O–H groups in total. The van der Waals surface area contributed by atoms with E-state index in [2.05, 4.69) is 11.8 Å². The van der Waals surface area contributed by atoms with Crippen LogP contribution in [0.4, 0.5) is 0 Å². The van der Waals surface area contributed by atoms with Crippen LogP contribution in [0.25, 0.3) is 0 Å². The molecule has 96 valence electrons. The van der Waals surface area contributed by atoms with Crippen LogP contribution in [0.1, 0.15) is 6.92 Å². The molecule has 1 unspecified atom stereocenters. The predicted molar refractivity (Wildman–Crippen MR) is 75.6 cm³/mol. The van der Waals surface area contributed by atoms with Crippen molar-refractivity contribution in [2.45, 2.75) is 6.92 Å². The average molecular weight is 356 g/mol. The molecule has 0 spiro atoms. The fourth-order valence-electron chi connectivity index (χ4n) is 1.02. The van der Waals surface area contributed by atoms with E-state index in [1.165, 1.54) is 6.07 Å². The van der Waals surface area contributed by atoms with E-state index in [1.807, 2.05) is 0 Å². The van der Waals surface area contributed by atoms with Crippen LogP contribution >= 0.6 is 51.9 Å². The molecule has 0 heterocycles. The van der Waals surface area contributed by atoms with E-state index >= 15 is 0 Å². The van der Waals surface area contributed by atoms with Crippen LogP contribution < -0.4 is 9.26 Å². The van der Waals surface area contributed by atoms with E-state index in [9.17, 15) is 4.89 Å². The standard InChI is InChI=1S/C8H7Cl4O3PS/c1-2-14-8-6(10)4(9)3-5(7(8)11)15-16(12,13)17/h3H,2H2,1H3,(H,13,17). The summed E-state index contributed by atoms with van der Waals surface area (Å²) in [7, 11) is 0. The van der Waals surface area contributed by atoms with Crippen LogP contribution in [0, 0.1) is 0 Å². The molecule has 1 aromatic carbocycles. The van der Waals surface area contributed by atoms with Crippen molar-refractivity contribution >= 4 is 63.7 Å². The highest BCUT2D eigenvalue weighted by Crippen LogP contribution is 2.53. The summed E-state index contributed by atoms with van der Waals surface area (Å²) in [6, 6.07) is 1.31. The van der Waals surface area contributed by atoms with Gasteiger partial charge in [-0.3, -0.25) is 0 Å². The van der Waals surface area contributed by atoms with E-state index in [1.54, 1.807) is 6.92 Å². The SMILES string of the molecule is CCOc1c(Cl)c(Cl)cc(OP(O)(=S)Cl)c1Cl. The van der Waals surface area contributed by atoms with E-state index < -0.39 is 5.84 Å². The summed E-state index contributed by atoms with van der Waals surface area (Å²) >= 11 is 27.7. The van der Waals surface area contributed by atoms with Crippen LogP contribution in [-0.2, 0) is 11.8 Å². The lowest BCUT2D eigenvalue weighted by Gasteiger charge is -2.15. The minimum atomic E-state index is -3.42. The fourth-order valence-corrected chi connectivity index (χ4v) is 2.60. The Morgan fingerprint density at radius 2 is 1.94 bits per heavy atom. The summed E-state index contributed by atoms with van der Waals surface area (Å²) in [6.07, 6.45) is 0. The Bertz CT molecular complexity index is 476. The maximum atomic E-state index is 9.27. The van der Waals surface area contributed by atoms with Crippen molar-refractivity contribution in [2.24, 2.45) is 0 Å². The first-order valence-corrected chi connectivity index (χ1v) is 8.99. The zero-order chi connectivity index (χ0) is 13.2. The number of hydrogen-bond acceptors (Lipinski definition) is 3. The lowest BCUT2D eigenvalue weighted by molar-refractivity contribution is 0.339. The molecular formula is C8H7Cl4O3PS. The highest BCUT2D eigenvalue weighted by molar-refractivity contribution is 8.22. The lowest BCUT2D eigenvalue weighted by Crippen LogP contribution is -1.96. The van der Waals surface area contributed by atoms with Gasteiger partial charge in [0.15, 0.2) is 11.5 Å². The van der Waals surface area contributed by atoms with Crippen molar-refractivity contribution in [3.63, 3.8) is 0 Å². The third-order valence-corrected chi connectivity index (χ3v) is 3.56. The van der Waals surface area contributed by atoms with Gasteiger partial charge in [-0.2, -0.15) is 0 Å². The maximum Gasteiger partial charge on any atom is 0.330 e. The summed E-state index contributed by atoms with van der Waals surface area (Å²) in [4.78, 5) is 9.27. The molecule has 0 aliphatic carbocycles. The first-order valence-electron chi connectivity index (χ1n) is 4.28. The second-order valence-corrected chi connectivity index (χ2v) is 8.50. The van der Waals surface area contributed by atoms with Crippen molar-refractivity contribution in [1.29, 1.82) is 0 Å². The topological polar surface area (TPSA) is 38.7 Å². The summed E-state index contributed by atoms with van der Waals surface area (Å²) < 4.78 is 10.2. The lowest BCUT2D eigenvalue weighted by atomic mass is 10.3. The fraction of sp³-hybridized carbons (Fsp3) is 0.250. The van der Waals surface area contributed by atoms with Gasteiger partial charge in [0.1, 0.15) is 10.0 Å². The third kappa shape index (κ3) is 4.32. The summed E-state index contributed by atoms with van der Waals surface area (Å²) in [5, 5.41) is 0.381. The Kier molecular flexibility index (Phi) is 5.67. The first kappa shape index (κ1) is 15.6. The molecule has 0 aromatic heterocycles. The largest absolute Gasteiger partial charge is 0.491 e. The van der Waals surface area contributed by atoms with Crippen LogP contribution in [0.5, 0.6) is 11.5 Å². The Morgan fingerprint density at radius 1 is 1.35 bits per heavy atom. The molecule has 1 aromatic rings. The summed E-state index contributed by atoms with van der Waals surface area (Å²) in [6.45, 7) is 2.10. The van der Waals surface area contributed by atoms with Gasteiger partial charge in [0.05, 0.1) is 11.6 Å². The molecule has 9 heteroatoms. The van der Waals surface area contributed by atoms with Gasteiger partial charge >= 0.3 is 5.84 Å². The molecule has 0 aliphatic heterocycles. The molecule has 3 nitrogen and oxygen atoms in total. The summed E-state index contributed by atoms with van der Waals surface area (Å²) in [5.41, 5.74) is 0. The molecule has 0 bridgehead atoms. The minimum absolute atomic E-state index is 0.0327. The second-order valence-electron chi connectivity index (χ2n) is 2.79. The highest BCUT2D eigenvalue weighted by atomic mass is 35.7. The second kappa shape index (κ2) is 6.16. The third-order valence-electron chi connectivity index (χ3n) is 1.58. The maximum absolute atomic E-state index is 9.27. The molecule has 0 amide bonds. The van der Waals surface area contributed by atoms with Crippen molar-refractivity contribution in [3.05, 3.63) is 21.1 Å². The smallest absolute Gasteiger partial charge is 0.330 e. The van der Waals surface area contributed by atoms with Crippen LogP contribution in [0.3, 0.4) is 0 Å². The zero-order valence-electron chi connectivity index (χ0n) is 8.42. The molecular weight excluding hydrogens is 349 g/mol. The quantitative estimate of drug-likeness (QED) is 0.617. The van der Waals surface area contributed by atoms with Gasteiger partial charge in [0.25, 0.3) is 0 Å². The molecule has 0 aliphatic rings. The van der Waals surface area contributed by atoms with Crippen molar-refractivity contribution < 1.29 is 14.2 Å². The Hall–Kier alpha value is 0.590. The summed E-state index contributed by atoms with van der Waals surface area (Å²) in [5.74, 6) is -3.23. The van der Waals surface area contributed by atoms with E-state index in [-0.39, 0.29) is 26.6 Å². The van der Waals surface area contributed by atoms with E-state index in [4.69, 9.17) is 55.3 Å². The van der Waals surface area contributed by atoms with Crippen molar-refractivity contribution in [2.75, 3.05) is 6.61 Å². The van der Waals surface area contributed by atoms with Gasteiger partial charge in [-0.15, -0.1) is 0 Å². The van der Waals surface area contributed by atoms with Gasteiger partial charge in [-0.1, -0.05) is 34.8 Å². The molecule has 1 rings (SSSR count). The Balaban J connectivity index is 3.29. The Morgan fingerprint density at radius 3 is 2.41 bits per heavy atom. The number of benzene rings is 1.